The van der Waals surface area contributed by atoms with E-state index in [1.54, 1.807) is 0 Å². The van der Waals surface area contributed by atoms with Gasteiger partial charge in [-0.05, 0) is 41.5 Å². The average molecular weight is 203 g/mol. The molecule has 2 aromatic rings. The van der Waals surface area contributed by atoms with Crippen molar-refractivity contribution in [3.05, 3.63) is 36.0 Å². The molecule has 0 aliphatic rings. The second-order valence-corrected chi connectivity index (χ2v) is 4.47. The van der Waals surface area contributed by atoms with E-state index in [-0.39, 0.29) is 6.10 Å². The number of H-pyrrole nitrogens is 1. The smallest absolute Gasteiger partial charge is 0.0792 e. The first kappa shape index (κ1) is 10.2. The molecular weight excluding hydrogens is 186 g/mol. The van der Waals surface area contributed by atoms with E-state index in [2.05, 4.69) is 24.9 Å². The highest BCUT2D eigenvalue weighted by Gasteiger charge is 2.10. The summed E-state index contributed by atoms with van der Waals surface area (Å²) >= 11 is 0. The normalized spacial score (nSPS) is 13.6. The fourth-order valence-electron chi connectivity index (χ4n) is 1.86. The number of aromatic nitrogens is 1. The standard InChI is InChI=1S/C13H17NO/c1-9(2)7-13(15)11-3-4-12-10(8-11)5-6-14-12/h3-6,8-9,13-15H,7H2,1-2H3. The van der Waals surface area contributed by atoms with Crippen molar-refractivity contribution >= 4 is 10.9 Å². The molecule has 0 fully saturated rings. The third-order valence-electron chi connectivity index (χ3n) is 2.66. The molecule has 0 bridgehead atoms. The lowest BCUT2D eigenvalue weighted by Crippen LogP contribution is -2.01. The highest BCUT2D eigenvalue weighted by molar-refractivity contribution is 5.79. The van der Waals surface area contributed by atoms with E-state index in [0.717, 1.165) is 22.9 Å². The zero-order valence-electron chi connectivity index (χ0n) is 9.20. The lowest BCUT2D eigenvalue weighted by atomic mass is 9.99. The first-order valence-corrected chi connectivity index (χ1v) is 5.42. The van der Waals surface area contributed by atoms with Crippen LogP contribution in [0.25, 0.3) is 10.9 Å². The van der Waals surface area contributed by atoms with E-state index in [4.69, 9.17) is 0 Å². The Balaban J connectivity index is 2.27. The van der Waals surface area contributed by atoms with Gasteiger partial charge in [0, 0.05) is 11.7 Å². The third-order valence-corrected chi connectivity index (χ3v) is 2.66. The Morgan fingerprint density at radius 1 is 1.27 bits per heavy atom. The molecule has 2 heteroatoms. The summed E-state index contributed by atoms with van der Waals surface area (Å²) in [6, 6.07) is 8.10. The van der Waals surface area contributed by atoms with Crippen LogP contribution in [0.4, 0.5) is 0 Å². The molecule has 0 aliphatic carbocycles. The van der Waals surface area contributed by atoms with Crippen LogP contribution in [-0.2, 0) is 0 Å². The largest absolute Gasteiger partial charge is 0.388 e. The first-order valence-electron chi connectivity index (χ1n) is 5.42. The fourth-order valence-corrected chi connectivity index (χ4v) is 1.86. The number of aliphatic hydroxyl groups is 1. The second kappa shape index (κ2) is 4.07. The van der Waals surface area contributed by atoms with Crippen LogP contribution in [0.1, 0.15) is 31.9 Å². The van der Waals surface area contributed by atoms with Crippen LogP contribution in [0, 0.1) is 5.92 Å². The van der Waals surface area contributed by atoms with Gasteiger partial charge in [0.1, 0.15) is 0 Å². The molecule has 0 spiro atoms. The Labute approximate surface area is 89.9 Å². The van der Waals surface area contributed by atoms with Crippen molar-refractivity contribution in [2.24, 2.45) is 5.92 Å². The highest BCUT2D eigenvalue weighted by atomic mass is 16.3. The number of fused-ring (bicyclic) bond motifs is 1. The zero-order valence-corrected chi connectivity index (χ0v) is 9.20. The molecule has 2 nitrogen and oxygen atoms in total. The Kier molecular flexibility index (Phi) is 2.78. The summed E-state index contributed by atoms with van der Waals surface area (Å²) in [5.41, 5.74) is 2.13. The summed E-state index contributed by atoms with van der Waals surface area (Å²) in [6.45, 7) is 4.25. The molecule has 0 saturated carbocycles. The molecular formula is C13H17NO. The number of hydrogen-bond acceptors (Lipinski definition) is 1. The van der Waals surface area contributed by atoms with Crippen molar-refractivity contribution in [1.29, 1.82) is 0 Å². The van der Waals surface area contributed by atoms with Gasteiger partial charge < -0.3 is 10.1 Å². The van der Waals surface area contributed by atoms with Gasteiger partial charge in [0.05, 0.1) is 6.10 Å². The van der Waals surface area contributed by atoms with Gasteiger partial charge in [-0.1, -0.05) is 19.9 Å². The van der Waals surface area contributed by atoms with Crippen LogP contribution >= 0.6 is 0 Å². The number of rotatable bonds is 3. The molecule has 1 aromatic carbocycles. The molecule has 80 valence electrons. The van der Waals surface area contributed by atoms with Crippen LogP contribution in [0.15, 0.2) is 30.5 Å². The van der Waals surface area contributed by atoms with Gasteiger partial charge in [0.15, 0.2) is 0 Å². The van der Waals surface area contributed by atoms with Gasteiger partial charge in [0.25, 0.3) is 0 Å². The Morgan fingerprint density at radius 3 is 2.80 bits per heavy atom. The van der Waals surface area contributed by atoms with Crippen LogP contribution in [0.3, 0.4) is 0 Å². The monoisotopic (exact) mass is 203 g/mol. The number of nitrogens with one attached hydrogen (secondary N) is 1. The summed E-state index contributed by atoms with van der Waals surface area (Å²) < 4.78 is 0. The van der Waals surface area contributed by atoms with Crippen LogP contribution in [0.5, 0.6) is 0 Å². The summed E-state index contributed by atoms with van der Waals surface area (Å²) in [7, 11) is 0. The van der Waals surface area contributed by atoms with Gasteiger partial charge >= 0.3 is 0 Å². The molecule has 2 rings (SSSR count). The van der Waals surface area contributed by atoms with Gasteiger partial charge in [-0.15, -0.1) is 0 Å². The summed E-state index contributed by atoms with van der Waals surface area (Å²) in [4.78, 5) is 3.14. The minimum absolute atomic E-state index is 0.343. The van der Waals surface area contributed by atoms with E-state index in [1.807, 2.05) is 24.4 Å². The van der Waals surface area contributed by atoms with Crippen LogP contribution in [0.2, 0.25) is 0 Å². The first-order chi connectivity index (χ1) is 7.16. The number of aliphatic hydroxyl groups excluding tert-OH is 1. The molecule has 0 radical (unpaired) electrons. The summed E-state index contributed by atoms with van der Waals surface area (Å²) in [5, 5.41) is 11.1. The third kappa shape index (κ3) is 2.21. The van der Waals surface area contributed by atoms with Crippen molar-refractivity contribution in [1.82, 2.24) is 4.98 Å². The van der Waals surface area contributed by atoms with E-state index >= 15 is 0 Å². The second-order valence-electron chi connectivity index (χ2n) is 4.47. The maximum Gasteiger partial charge on any atom is 0.0792 e. The van der Waals surface area contributed by atoms with Crippen molar-refractivity contribution in [2.45, 2.75) is 26.4 Å². The number of hydrogen-bond donors (Lipinski definition) is 2. The van der Waals surface area contributed by atoms with Crippen molar-refractivity contribution < 1.29 is 5.11 Å². The maximum absolute atomic E-state index is 9.98. The van der Waals surface area contributed by atoms with Crippen LogP contribution in [-0.4, -0.2) is 10.1 Å². The van der Waals surface area contributed by atoms with Gasteiger partial charge in [-0.25, -0.2) is 0 Å². The predicted molar refractivity (Wildman–Crippen MR) is 62.7 cm³/mol. The van der Waals surface area contributed by atoms with Gasteiger partial charge in [-0.2, -0.15) is 0 Å². The van der Waals surface area contributed by atoms with E-state index < -0.39 is 0 Å². The van der Waals surface area contributed by atoms with Crippen molar-refractivity contribution in [3.63, 3.8) is 0 Å². The highest BCUT2D eigenvalue weighted by Crippen LogP contribution is 2.24. The van der Waals surface area contributed by atoms with Gasteiger partial charge in [0.2, 0.25) is 0 Å². The van der Waals surface area contributed by atoms with Crippen LogP contribution < -0.4 is 0 Å². The molecule has 1 atom stereocenters. The molecule has 0 saturated heterocycles. The van der Waals surface area contributed by atoms with E-state index in [1.165, 1.54) is 0 Å². The molecule has 0 aliphatic heterocycles. The molecule has 1 aromatic heterocycles. The van der Waals surface area contributed by atoms with E-state index in [0.29, 0.717) is 5.92 Å². The number of benzene rings is 1. The molecule has 15 heavy (non-hydrogen) atoms. The summed E-state index contributed by atoms with van der Waals surface area (Å²) in [5.74, 6) is 0.516. The topological polar surface area (TPSA) is 36.0 Å². The quantitative estimate of drug-likeness (QED) is 0.789. The zero-order chi connectivity index (χ0) is 10.8. The Bertz CT molecular complexity index is 444. The maximum atomic E-state index is 9.98. The molecule has 1 unspecified atom stereocenters. The van der Waals surface area contributed by atoms with Crippen molar-refractivity contribution in [3.8, 4) is 0 Å². The Morgan fingerprint density at radius 2 is 2.07 bits per heavy atom. The fraction of sp³-hybridized carbons (Fsp3) is 0.385. The molecule has 0 amide bonds. The van der Waals surface area contributed by atoms with Gasteiger partial charge in [-0.3, -0.25) is 0 Å². The minimum Gasteiger partial charge on any atom is -0.388 e. The SMILES string of the molecule is CC(C)CC(O)c1ccc2[nH]ccc2c1. The van der Waals surface area contributed by atoms with Crippen molar-refractivity contribution in [2.75, 3.05) is 0 Å². The number of aromatic amines is 1. The molecule has 2 N–H and O–H groups in total. The summed E-state index contributed by atoms with van der Waals surface area (Å²) in [6.07, 6.45) is 2.39. The minimum atomic E-state index is -0.343. The lowest BCUT2D eigenvalue weighted by Gasteiger charge is -2.13. The Hall–Kier alpha value is -1.28. The predicted octanol–water partition coefficient (Wildman–Crippen LogP) is 3.25. The molecule has 1 heterocycles. The van der Waals surface area contributed by atoms with E-state index in [9.17, 15) is 5.11 Å². The lowest BCUT2D eigenvalue weighted by molar-refractivity contribution is 0.151. The average Bonchev–Trinajstić information content (AvgIpc) is 2.62.